The molecule has 8 nitrogen and oxygen atoms in total. The van der Waals surface area contributed by atoms with Gasteiger partial charge >= 0.3 is 0 Å². The molecule has 0 aliphatic rings. The van der Waals surface area contributed by atoms with Gasteiger partial charge in [0.15, 0.2) is 0 Å². The standard InChI is InChI=1S/C20H24FN3O5.C2H6/c1-13-5-6-16(15(21)11-13)22-19(24(3)12-26)17(18-14(2)7-10-28-18)20(27)23-29-9-4-8-25;1-2/h5-7,10-12,22,25H,4,8-9H2,1-3H3,(H,23,27);1-2H3/b19-17+;. The Morgan fingerprint density at radius 1 is 1.29 bits per heavy atom. The Labute approximate surface area is 181 Å². The van der Waals surface area contributed by atoms with Gasteiger partial charge < -0.3 is 19.7 Å². The molecule has 0 fully saturated rings. The smallest absolute Gasteiger partial charge is 0.282 e. The molecule has 0 aliphatic carbocycles. The second-order valence-corrected chi connectivity index (χ2v) is 6.34. The third kappa shape index (κ3) is 7.23. The van der Waals surface area contributed by atoms with Gasteiger partial charge in [-0.1, -0.05) is 19.9 Å². The fourth-order valence-corrected chi connectivity index (χ4v) is 2.48. The molecule has 1 aromatic carbocycles. The van der Waals surface area contributed by atoms with Crippen LogP contribution >= 0.6 is 0 Å². The molecule has 1 heterocycles. The van der Waals surface area contributed by atoms with Crippen LogP contribution in [0.1, 0.15) is 37.2 Å². The average molecular weight is 435 g/mol. The largest absolute Gasteiger partial charge is 0.464 e. The van der Waals surface area contributed by atoms with Crippen LogP contribution in [0.5, 0.6) is 0 Å². The summed E-state index contributed by atoms with van der Waals surface area (Å²) in [5.74, 6) is -1.05. The summed E-state index contributed by atoms with van der Waals surface area (Å²) in [5.41, 5.74) is 3.64. The molecule has 0 spiro atoms. The van der Waals surface area contributed by atoms with Gasteiger partial charge in [0.05, 0.1) is 18.6 Å². The van der Waals surface area contributed by atoms with Gasteiger partial charge in [-0.15, -0.1) is 0 Å². The third-order valence-corrected chi connectivity index (χ3v) is 4.01. The molecule has 9 heteroatoms. The summed E-state index contributed by atoms with van der Waals surface area (Å²) in [5, 5.41) is 11.6. The predicted octanol–water partition coefficient (Wildman–Crippen LogP) is 3.36. The van der Waals surface area contributed by atoms with E-state index in [0.717, 1.165) is 10.5 Å². The van der Waals surface area contributed by atoms with Gasteiger partial charge in [0.25, 0.3) is 5.91 Å². The number of benzene rings is 1. The van der Waals surface area contributed by atoms with Crippen LogP contribution in [0, 0.1) is 19.7 Å². The molecular weight excluding hydrogens is 405 g/mol. The highest BCUT2D eigenvalue weighted by Crippen LogP contribution is 2.27. The Balaban J connectivity index is 0.00000233. The summed E-state index contributed by atoms with van der Waals surface area (Å²) in [6.45, 7) is 7.47. The number of hydroxylamine groups is 1. The number of hydrogen-bond acceptors (Lipinski definition) is 6. The first-order chi connectivity index (χ1) is 14.9. The van der Waals surface area contributed by atoms with E-state index >= 15 is 0 Å². The number of aliphatic hydroxyl groups excluding tert-OH is 1. The molecule has 2 rings (SSSR count). The average Bonchev–Trinajstić information content (AvgIpc) is 3.18. The van der Waals surface area contributed by atoms with Gasteiger partial charge in [-0.25, -0.2) is 9.87 Å². The van der Waals surface area contributed by atoms with E-state index < -0.39 is 11.7 Å². The number of hydrogen-bond donors (Lipinski definition) is 3. The van der Waals surface area contributed by atoms with E-state index in [1.165, 1.54) is 25.4 Å². The SMILES string of the molecule is CC.Cc1ccc(N/C(=C(\C(=O)NOCCCO)c2occc2C)N(C)C=O)c(F)c1. The maximum absolute atomic E-state index is 14.4. The molecular formula is C22H30FN3O5. The molecule has 2 amide bonds. The fraction of sp³-hybridized carbons (Fsp3) is 0.364. The Morgan fingerprint density at radius 3 is 2.55 bits per heavy atom. The van der Waals surface area contributed by atoms with Crippen LogP contribution in [0.2, 0.25) is 0 Å². The Kier molecular flexibility index (Phi) is 11.0. The minimum Gasteiger partial charge on any atom is -0.464 e. The fourth-order valence-electron chi connectivity index (χ4n) is 2.48. The van der Waals surface area contributed by atoms with Gasteiger partial charge in [0.1, 0.15) is 23.0 Å². The maximum Gasteiger partial charge on any atom is 0.282 e. The van der Waals surface area contributed by atoms with Crippen LogP contribution in [-0.2, 0) is 14.4 Å². The molecule has 0 atom stereocenters. The number of nitrogens with one attached hydrogen (secondary N) is 2. The van der Waals surface area contributed by atoms with E-state index in [9.17, 15) is 14.0 Å². The van der Waals surface area contributed by atoms with Crippen LogP contribution in [-0.4, -0.2) is 42.6 Å². The monoisotopic (exact) mass is 435 g/mol. The van der Waals surface area contributed by atoms with Crippen molar-refractivity contribution in [1.29, 1.82) is 0 Å². The molecule has 0 saturated carbocycles. The van der Waals surface area contributed by atoms with Crippen LogP contribution in [0.15, 0.2) is 40.8 Å². The van der Waals surface area contributed by atoms with E-state index in [1.807, 2.05) is 13.8 Å². The Morgan fingerprint density at radius 2 is 2.00 bits per heavy atom. The lowest BCUT2D eigenvalue weighted by Crippen LogP contribution is -2.31. The molecule has 1 aromatic heterocycles. The summed E-state index contributed by atoms with van der Waals surface area (Å²) in [6.07, 6.45) is 2.20. The van der Waals surface area contributed by atoms with Crippen molar-refractivity contribution >= 4 is 23.6 Å². The third-order valence-electron chi connectivity index (χ3n) is 4.01. The van der Waals surface area contributed by atoms with Crippen molar-refractivity contribution in [3.63, 3.8) is 0 Å². The van der Waals surface area contributed by atoms with Crippen molar-refractivity contribution in [2.45, 2.75) is 34.1 Å². The maximum atomic E-state index is 14.4. The first kappa shape index (κ1) is 25.9. The number of halogens is 1. The van der Waals surface area contributed by atoms with Gasteiger partial charge in [0.2, 0.25) is 6.41 Å². The van der Waals surface area contributed by atoms with Gasteiger partial charge in [-0.05, 0) is 49.6 Å². The number of rotatable bonds is 10. The second kappa shape index (κ2) is 13.2. The molecule has 3 N–H and O–H groups in total. The Hall–Kier alpha value is -3.17. The van der Waals surface area contributed by atoms with E-state index in [4.69, 9.17) is 14.4 Å². The zero-order valence-electron chi connectivity index (χ0n) is 18.5. The van der Waals surface area contributed by atoms with Crippen molar-refractivity contribution < 1.29 is 28.3 Å². The number of furan rings is 1. The first-order valence-corrected chi connectivity index (χ1v) is 9.92. The lowest BCUT2D eigenvalue weighted by atomic mass is 10.1. The summed E-state index contributed by atoms with van der Waals surface area (Å²) in [6, 6.07) is 6.18. The number of aryl methyl sites for hydroxylation is 2. The van der Waals surface area contributed by atoms with Crippen molar-refractivity contribution in [1.82, 2.24) is 10.4 Å². The lowest BCUT2D eigenvalue weighted by molar-refractivity contribution is -0.127. The topological polar surface area (TPSA) is 104 Å². The van der Waals surface area contributed by atoms with Crippen molar-refractivity contribution in [2.24, 2.45) is 0 Å². The number of carbonyl (C=O) groups is 2. The normalized spacial score (nSPS) is 11.1. The van der Waals surface area contributed by atoms with Crippen molar-refractivity contribution in [3.8, 4) is 0 Å². The zero-order chi connectivity index (χ0) is 23.4. The van der Waals surface area contributed by atoms with Gasteiger partial charge in [-0.3, -0.25) is 14.4 Å². The van der Waals surface area contributed by atoms with E-state index in [1.54, 1.807) is 26.0 Å². The van der Waals surface area contributed by atoms with Crippen molar-refractivity contribution in [3.05, 3.63) is 59.1 Å². The van der Waals surface area contributed by atoms with E-state index in [0.29, 0.717) is 18.4 Å². The first-order valence-electron chi connectivity index (χ1n) is 9.92. The summed E-state index contributed by atoms with van der Waals surface area (Å²) >= 11 is 0. The molecule has 0 radical (unpaired) electrons. The summed E-state index contributed by atoms with van der Waals surface area (Å²) in [7, 11) is 1.42. The second-order valence-electron chi connectivity index (χ2n) is 6.34. The quantitative estimate of drug-likeness (QED) is 0.229. The van der Waals surface area contributed by atoms with Crippen molar-refractivity contribution in [2.75, 3.05) is 25.6 Å². The molecule has 0 unspecified atom stereocenters. The van der Waals surface area contributed by atoms with Gasteiger partial charge in [0, 0.05) is 13.7 Å². The molecule has 0 bridgehead atoms. The predicted molar refractivity (Wildman–Crippen MR) is 116 cm³/mol. The van der Waals surface area contributed by atoms with Gasteiger partial charge in [-0.2, -0.15) is 0 Å². The zero-order valence-corrected chi connectivity index (χ0v) is 18.5. The highest BCUT2D eigenvalue weighted by atomic mass is 19.1. The summed E-state index contributed by atoms with van der Waals surface area (Å²) < 4.78 is 19.8. The minimum absolute atomic E-state index is 0.00376. The molecule has 0 saturated heterocycles. The number of amides is 2. The highest BCUT2D eigenvalue weighted by Gasteiger charge is 2.26. The Bertz CT molecular complexity index is 895. The number of aliphatic hydroxyl groups is 1. The van der Waals surface area contributed by atoms with E-state index in [2.05, 4.69) is 10.8 Å². The van der Waals surface area contributed by atoms with Crippen LogP contribution < -0.4 is 10.8 Å². The van der Waals surface area contributed by atoms with Crippen LogP contribution in [0.4, 0.5) is 10.1 Å². The van der Waals surface area contributed by atoms with Crippen LogP contribution in [0.25, 0.3) is 5.57 Å². The molecule has 170 valence electrons. The number of anilines is 1. The van der Waals surface area contributed by atoms with Crippen LogP contribution in [0.3, 0.4) is 0 Å². The molecule has 31 heavy (non-hydrogen) atoms. The molecule has 0 aliphatic heterocycles. The highest BCUT2D eigenvalue weighted by molar-refractivity contribution is 6.20. The van der Waals surface area contributed by atoms with E-state index in [-0.39, 0.29) is 36.1 Å². The number of carbonyl (C=O) groups excluding carboxylic acids is 2. The molecule has 2 aromatic rings. The minimum atomic E-state index is -0.704. The number of nitrogens with zero attached hydrogens (tertiary/aromatic N) is 1. The lowest BCUT2D eigenvalue weighted by Gasteiger charge is -2.22. The summed E-state index contributed by atoms with van der Waals surface area (Å²) in [4.78, 5) is 30.5.